The van der Waals surface area contributed by atoms with Crippen LogP contribution < -0.4 is 15.8 Å². The quantitative estimate of drug-likeness (QED) is 0.830. The maximum Gasteiger partial charge on any atom is 0.253 e. The van der Waals surface area contributed by atoms with Crippen LogP contribution in [-0.4, -0.2) is 31.1 Å². The largest absolute Gasteiger partial charge is 0.495 e. The number of amides is 1. The summed E-state index contributed by atoms with van der Waals surface area (Å²) in [4.78, 5) is 12.1. The zero-order chi connectivity index (χ0) is 13.7. The zero-order valence-electron chi connectivity index (χ0n) is 11.1. The van der Waals surface area contributed by atoms with Crippen molar-refractivity contribution in [1.82, 2.24) is 5.32 Å². The van der Waals surface area contributed by atoms with Crippen LogP contribution in [0.15, 0.2) is 18.2 Å². The van der Waals surface area contributed by atoms with Crippen molar-refractivity contribution in [3.8, 4) is 5.75 Å². The Bertz CT molecular complexity index is 445. The summed E-state index contributed by atoms with van der Waals surface area (Å²) in [6.45, 7) is 0.732. The van der Waals surface area contributed by atoms with Crippen LogP contribution >= 0.6 is 11.8 Å². The van der Waals surface area contributed by atoms with E-state index < -0.39 is 0 Å². The third-order valence-electron chi connectivity index (χ3n) is 3.42. The minimum absolute atomic E-state index is 0.116. The van der Waals surface area contributed by atoms with Crippen LogP contribution in [0.25, 0.3) is 0 Å². The molecule has 0 bridgehead atoms. The standard InChI is InChI=1S/C14H20N2O2S/c1-18-12-4-2-3-11(13(12)15)14(17)16-9-10-5-7-19-8-6-10/h2-4,10H,5-9,15H2,1H3,(H,16,17). The average molecular weight is 280 g/mol. The number of nitrogens with two attached hydrogens (primary N) is 1. The first-order chi connectivity index (χ1) is 9.22. The minimum Gasteiger partial charge on any atom is -0.495 e. The van der Waals surface area contributed by atoms with Crippen LogP contribution in [0.5, 0.6) is 5.75 Å². The third kappa shape index (κ3) is 3.56. The summed E-state index contributed by atoms with van der Waals surface area (Å²) in [7, 11) is 1.55. The summed E-state index contributed by atoms with van der Waals surface area (Å²) in [6.07, 6.45) is 2.36. The molecule has 1 amide bonds. The van der Waals surface area contributed by atoms with Crippen molar-refractivity contribution in [1.29, 1.82) is 0 Å². The minimum atomic E-state index is -0.116. The number of carbonyl (C=O) groups is 1. The molecule has 1 heterocycles. The predicted molar refractivity (Wildman–Crippen MR) is 79.8 cm³/mol. The molecule has 1 aromatic rings. The summed E-state index contributed by atoms with van der Waals surface area (Å²) in [5.41, 5.74) is 6.81. The first kappa shape index (κ1) is 14.1. The molecular weight excluding hydrogens is 260 g/mol. The Labute approximate surface area is 118 Å². The van der Waals surface area contributed by atoms with E-state index in [4.69, 9.17) is 10.5 Å². The molecule has 3 N–H and O–H groups in total. The summed E-state index contributed by atoms with van der Waals surface area (Å²) in [5.74, 6) is 3.41. The zero-order valence-corrected chi connectivity index (χ0v) is 12.0. The fraction of sp³-hybridized carbons (Fsp3) is 0.500. The van der Waals surface area contributed by atoms with Gasteiger partial charge in [-0.15, -0.1) is 0 Å². The van der Waals surface area contributed by atoms with Crippen molar-refractivity contribution in [2.75, 3.05) is 30.9 Å². The van der Waals surface area contributed by atoms with Gasteiger partial charge in [0.15, 0.2) is 0 Å². The highest BCUT2D eigenvalue weighted by atomic mass is 32.2. The fourth-order valence-corrected chi connectivity index (χ4v) is 3.41. The van der Waals surface area contributed by atoms with Crippen LogP contribution in [-0.2, 0) is 0 Å². The number of para-hydroxylation sites is 1. The normalized spacial score (nSPS) is 16.1. The van der Waals surface area contributed by atoms with E-state index in [0.717, 1.165) is 6.54 Å². The van der Waals surface area contributed by atoms with E-state index in [0.29, 0.717) is 22.9 Å². The lowest BCUT2D eigenvalue weighted by atomic mass is 10.0. The third-order valence-corrected chi connectivity index (χ3v) is 4.47. The highest BCUT2D eigenvalue weighted by molar-refractivity contribution is 7.99. The molecule has 0 saturated carbocycles. The molecule has 1 fully saturated rings. The molecule has 104 valence electrons. The molecule has 1 saturated heterocycles. The number of hydrogen-bond donors (Lipinski definition) is 2. The summed E-state index contributed by atoms with van der Waals surface area (Å²) in [6, 6.07) is 5.26. The number of nitrogens with one attached hydrogen (secondary N) is 1. The molecule has 0 unspecified atom stereocenters. The Morgan fingerprint density at radius 2 is 2.21 bits per heavy atom. The lowest BCUT2D eigenvalue weighted by Gasteiger charge is -2.21. The molecule has 4 nitrogen and oxygen atoms in total. The molecule has 0 aromatic heterocycles. The highest BCUT2D eigenvalue weighted by Crippen LogP contribution is 2.25. The molecule has 0 spiro atoms. The van der Waals surface area contributed by atoms with Crippen molar-refractivity contribution >= 4 is 23.4 Å². The second-order valence-electron chi connectivity index (χ2n) is 4.69. The van der Waals surface area contributed by atoms with Gasteiger partial charge in [0, 0.05) is 6.54 Å². The van der Waals surface area contributed by atoms with Gasteiger partial charge in [0.25, 0.3) is 5.91 Å². The second-order valence-corrected chi connectivity index (χ2v) is 5.91. The number of hydrogen-bond acceptors (Lipinski definition) is 4. The van der Waals surface area contributed by atoms with E-state index >= 15 is 0 Å². The van der Waals surface area contributed by atoms with Crippen LogP contribution in [0, 0.1) is 5.92 Å². The van der Waals surface area contributed by atoms with Gasteiger partial charge in [0.2, 0.25) is 0 Å². The summed E-state index contributed by atoms with van der Waals surface area (Å²) < 4.78 is 5.12. The number of rotatable bonds is 4. The van der Waals surface area contributed by atoms with Crippen molar-refractivity contribution in [3.63, 3.8) is 0 Å². The Morgan fingerprint density at radius 1 is 1.47 bits per heavy atom. The van der Waals surface area contributed by atoms with Gasteiger partial charge in [-0.1, -0.05) is 6.07 Å². The number of thioether (sulfide) groups is 1. The summed E-state index contributed by atoms with van der Waals surface area (Å²) >= 11 is 1.99. The lowest BCUT2D eigenvalue weighted by molar-refractivity contribution is 0.0947. The molecule has 2 rings (SSSR count). The number of ether oxygens (including phenoxy) is 1. The van der Waals surface area contributed by atoms with Gasteiger partial charge in [-0.05, 0) is 42.4 Å². The van der Waals surface area contributed by atoms with E-state index in [-0.39, 0.29) is 5.91 Å². The molecule has 0 aliphatic carbocycles. The Hall–Kier alpha value is -1.36. The Kier molecular flexibility index (Phi) is 4.96. The Balaban J connectivity index is 1.95. The van der Waals surface area contributed by atoms with Gasteiger partial charge in [-0.25, -0.2) is 0 Å². The maximum absolute atomic E-state index is 12.1. The molecule has 1 aliphatic heterocycles. The van der Waals surface area contributed by atoms with Crippen LogP contribution in [0.4, 0.5) is 5.69 Å². The van der Waals surface area contributed by atoms with Crippen molar-refractivity contribution < 1.29 is 9.53 Å². The van der Waals surface area contributed by atoms with Gasteiger partial charge in [-0.3, -0.25) is 4.79 Å². The molecule has 5 heteroatoms. The monoisotopic (exact) mass is 280 g/mol. The fourth-order valence-electron chi connectivity index (χ4n) is 2.20. The molecule has 0 radical (unpaired) electrons. The second kappa shape index (κ2) is 6.70. The number of carbonyl (C=O) groups excluding carboxylic acids is 1. The van der Waals surface area contributed by atoms with Gasteiger partial charge >= 0.3 is 0 Å². The van der Waals surface area contributed by atoms with E-state index in [1.807, 2.05) is 11.8 Å². The predicted octanol–water partition coefficient (Wildman–Crippen LogP) is 2.15. The summed E-state index contributed by atoms with van der Waals surface area (Å²) in [5, 5.41) is 2.98. The smallest absolute Gasteiger partial charge is 0.253 e. The highest BCUT2D eigenvalue weighted by Gasteiger charge is 2.17. The average Bonchev–Trinajstić information content (AvgIpc) is 2.46. The van der Waals surface area contributed by atoms with Crippen LogP contribution in [0.3, 0.4) is 0 Å². The van der Waals surface area contributed by atoms with Gasteiger partial charge in [0.05, 0.1) is 18.4 Å². The van der Waals surface area contributed by atoms with E-state index in [9.17, 15) is 4.79 Å². The van der Waals surface area contributed by atoms with Gasteiger partial charge < -0.3 is 15.8 Å². The van der Waals surface area contributed by atoms with E-state index in [2.05, 4.69) is 5.32 Å². The number of nitrogen functional groups attached to an aromatic ring is 1. The first-order valence-electron chi connectivity index (χ1n) is 6.50. The number of anilines is 1. The molecule has 0 atom stereocenters. The Morgan fingerprint density at radius 3 is 2.89 bits per heavy atom. The maximum atomic E-state index is 12.1. The van der Waals surface area contributed by atoms with E-state index in [1.165, 1.54) is 24.3 Å². The molecular formula is C14H20N2O2S. The van der Waals surface area contributed by atoms with Crippen molar-refractivity contribution in [3.05, 3.63) is 23.8 Å². The molecule has 1 aromatic carbocycles. The van der Waals surface area contributed by atoms with Gasteiger partial charge in [0.1, 0.15) is 5.75 Å². The van der Waals surface area contributed by atoms with Crippen molar-refractivity contribution in [2.45, 2.75) is 12.8 Å². The van der Waals surface area contributed by atoms with Crippen LogP contribution in [0.1, 0.15) is 23.2 Å². The van der Waals surface area contributed by atoms with Crippen LogP contribution in [0.2, 0.25) is 0 Å². The van der Waals surface area contributed by atoms with Crippen molar-refractivity contribution in [2.24, 2.45) is 5.92 Å². The topological polar surface area (TPSA) is 64.3 Å². The number of benzene rings is 1. The molecule has 1 aliphatic rings. The molecule has 19 heavy (non-hydrogen) atoms. The van der Waals surface area contributed by atoms with E-state index in [1.54, 1.807) is 25.3 Å². The van der Waals surface area contributed by atoms with Gasteiger partial charge in [-0.2, -0.15) is 11.8 Å². The SMILES string of the molecule is COc1cccc(C(=O)NCC2CCSCC2)c1N. The lowest BCUT2D eigenvalue weighted by Crippen LogP contribution is -2.31. The first-order valence-corrected chi connectivity index (χ1v) is 7.66. The number of methoxy groups -OCH3 is 1.